The second-order valence-electron chi connectivity index (χ2n) is 5.05. The molecule has 110 valence electrons. The fourth-order valence-electron chi connectivity index (χ4n) is 1.80. The van der Waals surface area contributed by atoms with Crippen molar-refractivity contribution in [1.29, 1.82) is 0 Å². The summed E-state index contributed by atoms with van der Waals surface area (Å²) in [6.07, 6.45) is 0. The van der Waals surface area contributed by atoms with Crippen molar-refractivity contribution in [3.05, 3.63) is 60.2 Å². The molecule has 0 saturated carbocycles. The van der Waals surface area contributed by atoms with E-state index in [-0.39, 0.29) is 0 Å². The lowest BCUT2D eigenvalue weighted by atomic mass is 10.2. The quantitative estimate of drug-likeness (QED) is 0.819. The van der Waals surface area contributed by atoms with Gasteiger partial charge in [-0.3, -0.25) is 0 Å². The zero-order valence-electron chi connectivity index (χ0n) is 12.3. The summed E-state index contributed by atoms with van der Waals surface area (Å²) < 4.78 is 5.74. The molecule has 0 saturated heterocycles. The second-order valence-corrected chi connectivity index (χ2v) is 5.46. The monoisotopic (exact) mass is 300 g/mol. The van der Waals surface area contributed by atoms with Crippen molar-refractivity contribution in [2.24, 2.45) is 0 Å². The van der Waals surface area contributed by atoms with E-state index in [1.54, 1.807) is 0 Å². The average Bonchev–Trinajstić information content (AvgIpc) is 2.47. The Morgan fingerprint density at radius 3 is 2.33 bits per heavy atom. The number of hydrogen-bond acceptors (Lipinski definition) is 2. The van der Waals surface area contributed by atoms with Crippen LogP contribution in [0.15, 0.2) is 54.6 Å². The van der Waals surface area contributed by atoms with E-state index in [9.17, 15) is 0 Å². The van der Waals surface area contributed by atoms with E-state index in [4.69, 9.17) is 17.0 Å². The van der Waals surface area contributed by atoms with E-state index in [1.807, 2.05) is 54.6 Å². The van der Waals surface area contributed by atoms with Gasteiger partial charge in [-0.25, -0.2) is 0 Å². The first-order valence-electron chi connectivity index (χ1n) is 6.98. The van der Waals surface area contributed by atoms with Crippen LogP contribution in [0, 0.1) is 0 Å². The maximum absolute atomic E-state index is 5.74. The Bertz CT molecular complexity index is 567. The van der Waals surface area contributed by atoms with Gasteiger partial charge in [-0.1, -0.05) is 30.3 Å². The molecule has 0 radical (unpaired) electrons. The fourth-order valence-corrected chi connectivity index (χ4v) is 2.16. The van der Waals surface area contributed by atoms with Crippen molar-refractivity contribution in [3.8, 4) is 5.75 Å². The molecule has 0 fully saturated rings. The van der Waals surface area contributed by atoms with Crippen LogP contribution >= 0.6 is 12.2 Å². The molecule has 4 heteroatoms. The highest BCUT2D eigenvalue weighted by Gasteiger charge is 2.00. The number of ether oxygens (including phenoxy) is 1. The molecule has 21 heavy (non-hydrogen) atoms. The Kier molecular flexibility index (Phi) is 5.58. The summed E-state index contributed by atoms with van der Waals surface area (Å²) in [6.45, 7) is 4.67. The second kappa shape index (κ2) is 7.64. The molecule has 2 rings (SSSR count). The zero-order valence-corrected chi connectivity index (χ0v) is 13.1. The minimum atomic E-state index is 0.318. The van der Waals surface area contributed by atoms with Crippen molar-refractivity contribution in [2.75, 3.05) is 5.32 Å². The minimum Gasteiger partial charge on any atom is -0.489 e. The molecule has 2 N–H and O–H groups in total. The van der Waals surface area contributed by atoms with Crippen LogP contribution in [0.2, 0.25) is 0 Å². The summed E-state index contributed by atoms with van der Waals surface area (Å²) in [7, 11) is 0. The van der Waals surface area contributed by atoms with Gasteiger partial charge in [0.2, 0.25) is 0 Å². The summed E-state index contributed by atoms with van der Waals surface area (Å²) >= 11 is 5.21. The average molecular weight is 300 g/mol. The topological polar surface area (TPSA) is 33.3 Å². The van der Waals surface area contributed by atoms with Gasteiger partial charge in [0.15, 0.2) is 5.11 Å². The van der Waals surface area contributed by atoms with Gasteiger partial charge in [0, 0.05) is 11.7 Å². The first-order valence-corrected chi connectivity index (χ1v) is 7.38. The molecular formula is C17H20N2OS. The molecule has 0 unspecified atom stereocenters. The molecule has 0 atom stereocenters. The van der Waals surface area contributed by atoms with Crippen LogP contribution in [0.4, 0.5) is 5.69 Å². The van der Waals surface area contributed by atoms with E-state index in [0.717, 1.165) is 17.0 Å². The normalized spacial score (nSPS) is 10.2. The maximum Gasteiger partial charge on any atom is 0.170 e. The van der Waals surface area contributed by atoms with Crippen LogP contribution in [0.5, 0.6) is 5.75 Å². The maximum atomic E-state index is 5.74. The third-order valence-corrected chi connectivity index (χ3v) is 3.00. The number of thiocarbonyl (C=S) groups is 1. The van der Waals surface area contributed by atoms with Crippen LogP contribution < -0.4 is 15.4 Å². The predicted molar refractivity (Wildman–Crippen MR) is 91.7 cm³/mol. The standard InChI is InChI=1S/C17H20N2OS/c1-13(2)18-17(21)19-15-8-10-16(11-9-15)20-12-14-6-4-3-5-7-14/h3-11,13H,12H2,1-2H3,(H2,18,19,21). The smallest absolute Gasteiger partial charge is 0.170 e. The van der Waals surface area contributed by atoms with Gasteiger partial charge in [0.05, 0.1) is 0 Å². The minimum absolute atomic E-state index is 0.318. The first kappa shape index (κ1) is 15.3. The number of benzene rings is 2. The third kappa shape index (κ3) is 5.44. The Hall–Kier alpha value is -2.07. The summed E-state index contributed by atoms with van der Waals surface area (Å²) in [5.41, 5.74) is 2.10. The molecule has 3 nitrogen and oxygen atoms in total. The van der Waals surface area contributed by atoms with E-state index in [1.165, 1.54) is 0 Å². The van der Waals surface area contributed by atoms with Crippen LogP contribution in [0.3, 0.4) is 0 Å². The molecule has 0 aliphatic rings. The van der Waals surface area contributed by atoms with Crippen molar-refractivity contribution >= 4 is 23.0 Å². The highest BCUT2D eigenvalue weighted by Crippen LogP contribution is 2.17. The van der Waals surface area contributed by atoms with Crippen molar-refractivity contribution in [2.45, 2.75) is 26.5 Å². The molecular weight excluding hydrogens is 280 g/mol. The van der Waals surface area contributed by atoms with E-state index < -0.39 is 0 Å². The third-order valence-electron chi connectivity index (χ3n) is 2.78. The molecule has 2 aromatic carbocycles. The lowest BCUT2D eigenvalue weighted by Crippen LogP contribution is -2.33. The zero-order chi connectivity index (χ0) is 15.1. The van der Waals surface area contributed by atoms with Gasteiger partial charge in [0.1, 0.15) is 12.4 Å². The van der Waals surface area contributed by atoms with E-state index in [0.29, 0.717) is 17.8 Å². The Morgan fingerprint density at radius 2 is 1.71 bits per heavy atom. The van der Waals surface area contributed by atoms with Crippen LogP contribution in [-0.2, 0) is 6.61 Å². The lowest BCUT2D eigenvalue weighted by molar-refractivity contribution is 0.306. The van der Waals surface area contributed by atoms with Crippen molar-refractivity contribution in [1.82, 2.24) is 5.32 Å². The van der Waals surface area contributed by atoms with E-state index >= 15 is 0 Å². The molecule has 0 aromatic heterocycles. The van der Waals surface area contributed by atoms with Gasteiger partial charge in [-0.15, -0.1) is 0 Å². The SMILES string of the molecule is CC(C)NC(=S)Nc1ccc(OCc2ccccc2)cc1. The van der Waals surface area contributed by atoms with Gasteiger partial charge in [-0.05, 0) is 55.9 Å². The van der Waals surface area contributed by atoms with Crippen LogP contribution in [0.25, 0.3) is 0 Å². The Balaban J connectivity index is 1.86. The summed E-state index contributed by atoms with van der Waals surface area (Å²) in [5.74, 6) is 0.840. The van der Waals surface area contributed by atoms with Gasteiger partial charge >= 0.3 is 0 Å². The fraction of sp³-hybridized carbons (Fsp3) is 0.235. The van der Waals surface area contributed by atoms with Gasteiger partial charge in [0.25, 0.3) is 0 Å². The van der Waals surface area contributed by atoms with Crippen molar-refractivity contribution < 1.29 is 4.74 Å². The van der Waals surface area contributed by atoms with Crippen molar-refractivity contribution in [3.63, 3.8) is 0 Å². The van der Waals surface area contributed by atoms with Crippen LogP contribution in [0.1, 0.15) is 19.4 Å². The number of hydrogen-bond donors (Lipinski definition) is 2. The molecule has 0 heterocycles. The first-order chi connectivity index (χ1) is 10.1. The molecule has 0 amide bonds. The highest BCUT2D eigenvalue weighted by atomic mass is 32.1. The van der Waals surface area contributed by atoms with E-state index in [2.05, 4.69) is 24.5 Å². The largest absolute Gasteiger partial charge is 0.489 e. The molecule has 0 aliphatic heterocycles. The summed E-state index contributed by atoms with van der Waals surface area (Å²) in [6, 6.07) is 18.2. The highest BCUT2D eigenvalue weighted by molar-refractivity contribution is 7.80. The lowest BCUT2D eigenvalue weighted by Gasteiger charge is -2.13. The Labute approximate surface area is 131 Å². The summed E-state index contributed by atoms with van der Waals surface area (Å²) in [4.78, 5) is 0. The number of rotatable bonds is 5. The summed E-state index contributed by atoms with van der Waals surface area (Å²) in [5, 5.41) is 6.91. The molecule has 0 aliphatic carbocycles. The molecule has 0 bridgehead atoms. The number of nitrogens with one attached hydrogen (secondary N) is 2. The molecule has 2 aromatic rings. The molecule has 0 spiro atoms. The van der Waals surface area contributed by atoms with Gasteiger partial charge < -0.3 is 15.4 Å². The predicted octanol–water partition coefficient (Wildman–Crippen LogP) is 3.96. The van der Waals surface area contributed by atoms with Crippen LogP contribution in [-0.4, -0.2) is 11.2 Å². The Morgan fingerprint density at radius 1 is 1.05 bits per heavy atom. The number of anilines is 1. The van der Waals surface area contributed by atoms with Gasteiger partial charge in [-0.2, -0.15) is 0 Å².